The average Bonchev–Trinajstić information content (AvgIpc) is 2.47. The Morgan fingerprint density at radius 3 is 2.69 bits per heavy atom. The minimum Gasteiger partial charge on any atom is -0.317 e. The van der Waals surface area contributed by atoms with E-state index in [2.05, 4.69) is 15.0 Å². The molecule has 6 heteroatoms. The molecule has 0 spiro atoms. The average molecular weight is 189 g/mol. The second kappa shape index (κ2) is 3.47. The molecule has 0 aliphatic rings. The van der Waals surface area contributed by atoms with Gasteiger partial charge in [0.05, 0.1) is 6.42 Å². The Kier molecular flexibility index (Phi) is 2.56. The molecule has 0 bridgehead atoms. The van der Waals surface area contributed by atoms with Crippen molar-refractivity contribution in [2.75, 3.05) is 6.54 Å². The molecule has 0 atom stereocenters. The number of alkyl halides is 3. The van der Waals surface area contributed by atoms with Crippen LogP contribution in [0.3, 0.4) is 0 Å². The molecule has 3 nitrogen and oxygen atoms in total. The van der Waals surface area contributed by atoms with E-state index in [0.29, 0.717) is 5.69 Å². The number of hydrogen-bond donors (Lipinski definition) is 1. The molecule has 0 amide bonds. The number of aromatic amines is 1. The lowest BCUT2D eigenvalue weighted by molar-refractivity contribution is -0.141. The second-order valence-corrected chi connectivity index (χ2v) is 2.41. The van der Waals surface area contributed by atoms with E-state index in [0.717, 1.165) is 6.07 Å². The van der Waals surface area contributed by atoms with Crippen molar-refractivity contribution in [2.45, 2.75) is 12.6 Å². The molecule has 1 rings (SSSR count). The van der Waals surface area contributed by atoms with Crippen LogP contribution in [0.5, 0.6) is 0 Å². The quantitative estimate of drug-likeness (QED) is 0.708. The van der Waals surface area contributed by atoms with Crippen molar-refractivity contribution in [1.29, 1.82) is 0 Å². The summed E-state index contributed by atoms with van der Waals surface area (Å²) in [7, 11) is 0. The third-order valence-electron chi connectivity index (χ3n) is 1.41. The van der Waals surface area contributed by atoms with Gasteiger partial charge < -0.3 is 4.85 Å². The maximum atomic E-state index is 12.0. The summed E-state index contributed by atoms with van der Waals surface area (Å²) < 4.78 is 35.9. The molecule has 0 aliphatic carbocycles. The van der Waals surface area contributed by atoms with Crippen molar-refractivity contribution in [1.82, 2.24) is 10.2 Å². The molecule has 0 aromatic carbocycles. The molecule has 0 saturated heterocycles. The Morgan fingerprint density at radius 1 is 1.54 bits per heavy atom. The van der Waals surface area contributed by atoms with Crippen molar-refractivity contribution in [3.05, 3.63) is 28.9 Å². The highest BCUT2D eigenvalue weighted by Gasteiger charge is 2.33. The van der Waals surface area contributed by atoms with Crippen molar-refractivity contribution >= 4 is 0 Å². The van der Waals surface area contributed by atoms with Crippen molar-refractivity contribution in [3.63, 3.8) is 0 Å². The Labute approximate surface area is 72.4 Å². The van der Waals surface area contributed by atoms with Crippen LogP contribution in [0, 0.1) is 6.57 Å². The summed E-state index contributed by atoms with van der Waals surface area (Å²) in [6.45, 7) is 6.62. The van der Waals surface area contributed by atoms with Gasteiger partial charge in [0.1, 0.15) is 0 Å². The largest absolute Gasteiger partial charge is 0.435 e. The lowest BCUT2D eigenvalue weighted by atomic mass is 10.3. The fourth-order valence-electron chi connectivity index (χ4n) is 0.811. The van der Waals surface area contributed by atoms with E-state index in [1.807, 2.05) is 0 Å². The smallest absolute Gasteiger partial charge is 0.317 e. The molecule has 70 valence electrons. The predicted molar refractivity (Wildman–Crippen MR) is 38.8 cm³/mol. The molecule has 0 unspecified atom stereocenters. The minimum absolute atomic E-state index is 0.166. The van der Waals surface area contributed by atoms with Gasteiger partial charge in [-0.1, -0.05) is 0 Å². The monoisotopic (exact) mass is 189 g/mol. The Hall–Kier alpha value is -1.51. The molecule has 0 saturated carbocycles. The van der Waals surface area contributed by atoms with Crippen LogP contribution >= 0.6 is 0 Å². The van der Waals surface area contributed by atoms with Crippen molar-refractivity contribution in [2.24, 2.45) is 0 Å². The molecule has 1 aromatic heterocycles. The molecule has 0 fully saturated rings. The molecule has 1 N–H and O–H groups in total. The maximum Gasteiger partial charge on any atom is 0.435 e. The zero-order valence-electron chi connectivity index (χ0n) is 6.52. The Bertz CT molecular complexity index is 320. The van der Waals surface area contributed by atoms with E-state index in [-0.39, 0.29) is 13.0 Å². The molecular weight excluding hydrogens is 183 g/mol. The van der Waals surface area contributed by atoms with E-state index >= 15 is 0 Å². The van der Waals surface area contributed by atoms with E-state index in [1.54, 1.807) is 0 Å². The number of hydrogen-bond acceptors (Lipinski definition) is 1. The van der Waals surface area contributed by atoms with Gasteiger partial charge in [-0.15, -0.1) is 0 Å². The van der Waals surface area contributed by atoms with Crippen LogP contribution in [0.1, 0.15) is 11.4 Å². The maximum absolute atomic E-state index is 12.0. The number of halogens is 3. The third-order valence-corrected chi connectivity index (χ3v) is 1.41. The zero-order valence-corrected chi connectivity index (χ0v) is 6.52. The lowest BCUT2D eigenvalue weighted by Gasteiger charge is -1.98. The van der Waals surface area contributed by atoms with Gasteiger partial charge in [0, 0.05) is 5.69 Å². The molecule has 0 aliphatic heterocycles. The van der Waals surface area contributed by atoms with Gasteiger partial charge in [0.15, 0.2) is 5.69 Å². The van der Waals surface area contributed by atoms with Crippen LogP contribution in [0.4, 0.5) is 13.2 Å². The van der Waals surface area contributed by atoms with Crippen LogP contribution in [0.15, 0.2) is 6.07 Å². The zero-order chi connectivity index (χ0) is 9.90. The first-order valence-electron chi connectivity index (χ1n) is 3.48. The number of nitrogens with one attached hydrogen (secondary N) is 1. The SMILES string of the molecule is [C-]#[N+]CCc1cc(C(F)(F)F)n[nH]1. The summed E-state index contributed by atoms with van der Waals surface area (Å²) in [6, 6.07) is 0.922. The normalized spacial score (nSPS) is 11.2. The fourth-order valence-corrected chi connectivity index (χ4v) is 0.811. The highest BCUT2D eigenvalue weighted by Crippen LogP contribution is 2.27. The van der Waals surface area contributed by atoms with Crippen LogP contribution < -0.4 is 0 Å². The van der Waals surface area contributed by atoms with Gasteiger partial charge in [0.2, 0.25) is 6.54 Å². The summed E-state index contributed by atoms with van der Waals surface area (Å²) in [4.78, 5) is 3.02. The summed E-state index contributed by atoms with van der Waals surface area (Å²) >= 11 is 0. The van der Waals surface area contributed by atoms with Crippen LogP contribution in [0.2, 0.25) is 0 Å². The van der Waals surface area contributed by atoms with E-state index < -0.39 is 11.9 Å². The highest BCUT2D eigenvalue weighted by molar-refractivity contribution is 5.12. The second-order valence-electron chi connectivity index (χ2n) is 2.41. The first-order chi connectivity index (χ1) is 6.04. The van der Waals surface area contributed by atoms with Gasteiger partial charge >= 0.3 is 6.18 Å². The molecule has 1 heterocycles. The number of nitrogens with zero attached hydrogens (tertiary/aromatic N) is 2. The van der Waals surface area contributed by atoms with Gasteiger partial charge in [0.25, 0.3) is 0 Å². The third kappa shape index (κ3) is 2.47. The highest BCUT2D eigenvalue weighted by atomic mass is 19.4. The van der Waals surface area contributed by atoms with E-state index in [1.165, 1.54) is 0 Å². The van der Waals surface area contributed by atoms with E-state index in [4.69, 9.17) is 6.57 Å². The van der Waals surface area contributed by atoms with Gasteiger partial charge in [-0.2, -0.15) is 18.3 Å². The molecular formula is C7H6F3N3. The lowest BCUT2D eigenvalue weighted by Crippen LogP contribution is -2.04. The number of H-pyrrole nitrogens is 1. The Balaban J connectivity index is 2.71. The van der Waals surface area contributed by atoms with Crippen molar-refractivity contribution < 1.29 is 13.2 Å². The fraction of sp³-hybridized carbons (Fsp3) is 0.429. The topological polar surface area (TPSA) is 33.0 Å². The summed E-state index contributed by atoms with van der Waals surface area (Å²) in [5.41, 5.74) is -0.601. The number of rotatable bonds is 2. The minimum atomic E-state index is -4.41. The first-order valence-corrected chi connectivity index (χ1v) is 3.48. The van der Waals surface area contributed by atoms with E-state index in [9.17, 15) is 13.2 Å². The van der Waals surface area contributed by atoms with Crippen LogP contribution in [-0.4, -0.2) is 16.7 Å². The number of aromatic nitrogens is 2. The first kappa shape index (κ1) is 9.58. The summed E-state index contributed by atoms with van der Waals surface area (Å²) in [6.07, 6.45) is -4.14. The predicted octanol–water partition coefficient (Wildman–Crippen LogP) is 1.89. The molecule has 1 aromatic rings. The van der Waals surface area contributed by atoms with Gasteiger partial charge in [-0.25, -0.2) is 6.57 Å². The standard InChI is InChI=1S/C7H6F3N3/c1-11-3-2-5-4-6(13-12-5)7(8,9)10/h4H,2-3H2,(H,12,13). The van der Waals surface area contributed by atoms with Crippen molar-refractivity contribution in [3.8, 4) is 0 Å². The molecule has 0 radical (unpaired) electrons. The summed E-state index contributed by atoms with van der Waals surface area (Å²) in [5.74, 6) is 0. The van der Waals surface area contributed by atoms with Gasteiger partial charge in [-0.05, 0) is 6.07 Å². The van der Waals surface area contributed by atoms with Crippen LogP contribution in [0.25, 0.3) is 4.85 Å². The molecule has 13 heavy (non-hydrogen) atoms. The van der Waals surface area contributed by atoms with Crippen LogP contribution in [-0.2, 0) is 12.6 Å². The van der Waals surface area contributed by atoms with Gasteiger partial charge in [-0.3, -0.25) is 5.10 Å². The Morgan fingerprint density at radius 2 is 2.23 bits per heavy atom. The summed E-state index contributed by atoms with van der Waals surface area (Å²) in [5, 5.41) is 5.32.